The molecule has 3 rings (SSSR count). The van der Waals surface area contributed by atoms with Gasteiger partial charge in [-0.05, 0) is 42.5 Å². The second-order valence-corrected chi connectivity index (χ2v) is 5.96. The monoisotopic (exact) mass is 316 g/mol. The van der Waals surface area contributed by atoms with Gasteiger partial charge in [-0.3, -0.25) is 0 Å². The van der Waals surface area contributed by atoms with Crippen LogP contribution < -0.4 is 0 Å². The molecule has 1 aliphatic rings. The van der Waals surface area contributed by atoms with Gasteiger partial charge in [0.15, 0.2) is 0 Å². The summed E-state index contributed by atoms with van der Waals surface area (Å²) in [5.74, 6) is -2.56. The summed E-state index contributed by atoms with van der Waals surface area (Å²) in [5, 5.41) is 8.83. The van der Waals surface area contributed by atoms with Gasteiger partial charge in [0.2, 0.25) is 0 Å². The highest BCUT2D eigenvalue weighted by Gasteiger charge is 2.30. The minimum Gasteiger partial charge on any atom is -0.478 e. The molecule has 1 atom stereocenters. The second-order valence-electron chi connectivity index (χ2n) is 4.48. The molecule has 2 aromatic carbocycles. The Morgan fingerprint density at radius 2 is 1.50 bits per heavy atom. The zero-order chi connectivity index (χ0) is 15.9. The number of aromatic carboxylic acids is 1. The van der Waals surface area contributed by atoms with Crippen molar-refractivity contribution in [2.75, 3.05) is 0 Å². The van der Waals surface area contributed by atoms with Gasteiger partial charge < -0.3 is 9.84 Å². The van der Waals surface area contributed by atoms with E-state index in [0.717, 1.165) is 0 Å². The molecule has 0 spiro atoms. The summed E-state index contributed by atoms with van der Waals surface area (Å²) >= 11 is 0. The molecule has 6 nitrogen and oxygen atoms in total. The molecule has 7 heteroatoms. The third kappa shape index (κ3) is 2.31. The van der Waals surface area contributed by atoms with Gasteiger partial charge in [-0.2, -0.15) is 0 Å². The van der Waals surface area contributed by atoms with Crippen LogP contribution in [0.3, 0.4) is 0 Å². The van der Waals surface area contributed by atoms with E-state index >= 15 is 0 Å². The van der Waals surface area contributed by atoms with Crippen LogP contribution in [0.1, 0.15) is 31.1 Å². The Balaban J connectivity index is 1.96. The van der Waals surface area contributed by atoms with Crippen LogP contribution in [0, 0.1) is 0 Å². The summed E-state index contributed by atoms with van der Waals surface area (Å²) in [4.78, 5) is 34.4. The Kier molecular flexibility index (Phi) is 3.34. The van der Waals surface area contributed by atoms with Crippen molar-refractivity contribution in [2.45, 2.75) is 9.79 Å². The molecule has 0 fully saturated rings. The van der Waals surface area contributed by atoms with Crippen molar-refractivity contribution in [3.8, 4) is 0 Å². The first-order valence-electron chi connectivity index (χ1n) is 6.13. The van der Waals surface area contributed by atoms with Gasteiger partial charge >= 0.3 is 17.9 Å². The summed E-state index contributed by atoms with van der Waals surface area (Å²) in [7, 11) is -1.60. The van der Waals surface area contributed by atoms with Crippen molar-refractivity contribution >= 4 is 28.7 Å². The maximum absolute atomic E-state index is 12.4. The number of esters is 2. The molecule has 0 amide bonds. The number of ether oxygens (including phenoxy) is 1. The standard InChI is InChI=1S/C15H8O6S/c16-13(17)8-1-3-9(4-2-8)22(20)10-5-6-11-12(7-10)15(19)21-14(11)18/h1-7H,(H,16,17). The Hall–Kier alpha value is -2.80. The topological polar surface area (TPSA) is 97.7 Å². The summed E-state index contributed by atoms with van der Waals surface area (Å²) in [6, 6.07) is 9.79. The first kappa shape index (κ1) is 14.2. The van der Waals surface area contributed by atoms with Crippen LogP contribution in [-0.2, 0) is 15.5 Å². The molecule has 2 aromatic rings. The molecule has 0 aromatic heterocycles. The number of rotatable bonds is 3. The lowest BCUT2D eigenvalue weighted by molar-refractivity contribution is 0.0443. The number of benzene rings is 2. The summed E-state index contributed by atoms with van der Waals surface area (Å²) in [6.45, 7) is 0. The van der Waals surface area contributed by atoms with Crippen LogP contribution in [0.2, 0.25) is 0 Å². The van der Waals surface area contributed by atoms with E-state index in [-0.39, 0.29) is 16.7 Å². The van der Waals surface area contributed by atoms with Gasteiger partial charge in [-0.1, -0.05) is 0 Å². The molecule has 22 heavy (non-hydrogen) atoms. The van der Waals surface area contributed by atoms with E-state index in [1.54, 1.807) is 0 Å². The zero-order valence-electron chi connectivity index (χ0n) is 10.9. The minimum atomic E-state index is -1.60. The summed E-state index contributed by atoms with van der Waals surface area (Å²) < 4.78 is 16.9. The number of fused-ring (bicyclic) bond motifs is 1. The molecule has 1 heterocycles. The highest BCUT2D eigenvalue weighted by atomic mass is 32.2. The SMILES string of the molecule is O=C(O)c1ccc(S(=O)c2ccc3c(c2)C(=O)OC3=O)cc1. The Labute approximate surface area is 126 Å². The van der Waals surface area contributed by atoms with Crippen LogP contribution in [0.15, 0.2) is 52.3 Å². The fourth-order valence-corrected chi connectivity index (χ4v) is 3.11. The van der Waals surface area contributed by atoms with E-state index in [1.165, 1.54) is 42.5 Å². The first-order valence-corrected chi connectivity index (χ1v) is 7.28. The minimum absolute atomic E-state index is 0.0815. The lowest BCUT2D eigenvalue weighted by Crippen LogP contribution is -1.99. The highest BCUT2D eigenvalue weighted by Crippen LogP contribution is 2.25. The van der Waals surface area contributed by atoms with Crippen molar-refractivity contribution in [2.24, 2.45) is 0 Å². The first-order chi connectivity index (χ1) is 10.5. The van der Waals surface area contributed by atoms with E-state index in [4.69, 9.17) is 5.11 Å². The largest absolute Gasteiger partial charge is 0.478 e. The highest BCUT2D eigenvalue weighted by molar-refractivity contribution is 7.85. The van der Waals surface area contributed by atoms with E-state index in [9.17, 15) is 18.6 Å². The van der Waals surface area contributed by atoms with Crippen LogP contribution in [-0.4, -0.2) is 27.2 Å². The molecule has 0 saturated carbocycles. The van der Waals surface area contributed by atoms with Crippen LogP contribution in [0.5, 0.6) is 0 Å². The van der Waals surface area contributed by atoms with E-state index in [2.05, 4.69) is 4.74 Å². The number of hydrogen-bond donors (Lipinski definition) is 1. The quantitative estimate of drug-likeness (QED) is 0.685. The van der Waals surface area contributed by atoms with E-state index in [0.29, 0.717) is 9.79 Å². The number of carbonyl (C=O) groups excluding carboxylic acids is 2. The maximum Gasteiger partial charge on any atom is 0.346 e. The van der Waals surface area contributed by atoms with Crippen molar-refractivity contribution in [3.05, 3.63) is 59.2 Å². The van der Waals surface area contributed by atoms with Gasteiger partial charge in [0, 0.05) is 9.79 Å². The molecule has 1 aliphatic heterocycles. The fraction of sp³-hybridized carbons (Fsp3) is 0. The predicted molar refractivity (Wildman–Crippen MR) is 74.3 cm³/mol. The summed E-state index contributed by atoms with van der Waals surface area (Å²) in [5.41, 5.74) is 0.314. The molecule has 110 valence electrons. The van der Waals surface area contributed by atoms with Crippen LogP contribution >= 0.6 is 0 Å². The Morgan fingerprint density at radius 1 is 0.909 bits per heavy atom. The Morgan fingerprint density at radius 3 is 2.14 bits per heavy atom. The lowest BCUT2D eigenvalue weighted by Gasteiger charge is -2.04. The number of carboxylic acid groups (broad SMARTS) is 1. The third-order valence-electron chi connectivity index (χ3n) is 3.15. The normalized spacial score (nSPS) is 14.4. The van der Waals surface area contributed by atoms with Gasteiger partial charge in [-0.25, -0.2) is 18.6 Å². The lowest BCUT2D eigenvalue weighted by atomic mass is 10.1. The van der Waals surface area contributed by atoms with Gasteiger partial charge in [0.05, 0.1) is 27.5 Å². The van der Waals surface area contributed by atoms with Gasteiger partial charge in [0.25, 0.3) is 0 Å². The second kappa shape index (κ2) is 5.19. The average Bonchev–Trinajstić information content (AvgIpc) is 2.81. The van der Waals surface area contributed by atoms with E-state index in [1.807, 2.05) is 0 Å². The van der Waals surface area contributed by atoms with Crippen molar-refractivity contribution in [3.63, 3.8) is 0 Å². The van der Waals surface area contributed by atoms with Crippen LogP contribution in [0.25, 0.3) is 0 Å². The predicted octanol–water partition coefficient (Wildman–Crippen LogP) is 1.86. The molecule has 0 radical (unpaired) electrons. The maximum atomic E-state index is 12.4. The molecule has 0 bridgehead atoms. The molecule has 0 aliphatic carbocycles. The number of carbonyl (C=O) groups is 3. The average molecular weight is 316 g/mol. The van der Waals surface area contributed by atoms with Gasteiger partial charge in [0.1, 0.15) is 0 Å². The van der Waals surface area contributed by atoms with Crippen molar-refractivity contribution in [1.29, 1.82) is 0 Å². The van der Waals surface area contributed by atoms with E-state index < -0.39 is 28.7 Å². The van der Waals surface area contributed by atoms with Crippen molar-refractivity contribution < 1.29 is 28.4 Å². The summed E-state index contributed by atoms with van der Waals surface area (Å²) in [6.07, 6.45) is 0. The molecule has 1 unspecified atom stereocenters. The van der Waals surface area contributed by atoms with Gasteiger partial charge in [-0.15, -0.1) is 0 Å². The zero-order valence-corrected chi connectivity index (χ0v) is 11.8. The Bertz CT molecular complexity index is 838. The third-order valence-corrected chi connectivity index (χ3v) is 4.53. The van der Waals surface area contributed by atoms with Crippen LogP contribution in [0.4, 0.5) is 0 Å². The smallest absolute Gasteiger partial charge is 0.346 e. The number of cyclic esters (lactones) is 2. The molecular formula is C15H8O6S. The molecule has 1 N–H and O–H groups in total. The molecule has 0 saturated heterocycles. The fourth-order valence-electron chi connectivity index (χ4n) is 2.04. The number of hydrogen-bond acceptors (Lipinski definition) is 5. The van der Waals surface area contributed by atoms with Crippen molar-refractivity contribution in [1.82, 2.24) is 0 Å². The number of carboxylic acids is 1. The molecular weight excluding hydrogens is 308 g/mol.